The Morgan fingerprint density at radius 3 is 2.32 bits per heavy atom. The van der Waals surface area contributed by atoms with Crippen molar-refractivity contribution in [1.82, 2.24) is 0 Å². The Morgan fingerprint density at radius 1 is 0.964 bits per heavy atom. The molecular formula is C22H31O5P. The van der Waals surface area contributed by atoms with Gasteiger partial charge in [-0.15, -0.1) is 0 Å². The first-order valence-corrected chi connectivity index (χ1v) is 11.4. The monoisotopic (exact) mass is 406 g/mol. The van der Waals surface area contributed by atoms with E-state index in [0.717, 1.165) is 35.3 Å². The quantitative estimate of drug-likeness (QED) is 0.380. The van der Waals surface area contributed by atoms with Gasteiger partial charge in [0.25, 0.3) is 0 Å². The topological polar surface area (TPSA) is 76.0 Å². The Balaban J connectivity index is 2.22. The van der Waals surface area contributed by atoms with Gasteiger partial charge in [0.1, 0.15) is 11.5 Å². The van der Waals surface area contributed by atoms with Gasteiger partial charge in [-0.3, -0.25) is 9.79 Å². The second kappa shape index (κ2) is 10.7. The highest BCUT2D eigenvalue weighted by atomic mass is 31.2. The Hall–Kier alpha value is -1.81. The fourth-order valence-electron chi connectivity index (χ4n) is 3.32. The van der Waals surface area contributed by atoms with Crippen LogP contribution in [0.25, 0.3) is 0 Å². The highest BCUT2D eigenvalue weighted by molar-refractivity contribution is 7.46. The summed E-state index contributed by atoms with van der Waals surface area (Å²) in [5.41, 5.74) is 4.08. The van der Waals surface area contributed by atoms with E-state index in [1.807, 2.05) is 44.2 Å². The van der Waals surface area contributed by atoms with Crippen molar-refractivity contribution in [3.63, 3.8) is 0 Å². The molecular weight excluding hydrogens is 375 g/mol. The van der Waals surface area contributed by atoms with Crippen molar-refractivity contribution in [3.05, 3.63) is 58.7 Å². The van der Waals surface area contributed by atoms with Crippen LogP contribution in [0.2, 0.25) is 0 Å². The van der Waals surface area contributed by atoms with E-state index >= 15 is 0 Å². The standard InChI is InChI=1S/C22H31O5P/c1-4-5-6-10-13-21-17(2)18(3)22(27-28(23,24)25)16-19(21)14-15-26-20-11-8-7-9-12-20/h7-9,11-12,16H,4-6,10,13-15H2,1-3H3,(H2,23,24,25). The Kier molecular flexibility index (Phi) is 8.56. The molecule has 6 heteroatoms. The number of ether oxygens (including phenoxy) is 1. The largest absolute Gasteiger partial charge is 0.524 e. The van der Waals surface area contributed by atoms with E-state index in [1.54, 1.807) is 6.07 Å². The fourth-order valence-corrected chi connectivity index (χ4v) is 3.77. The molecule has 0 saturated carbocycles. The van der Waals surface area contributed by atoms with Gasteiger partial charge >= 0.3 is 7.82 Å². The SMILES string of the molecule is CCCCCCc1c(CCOc2ccccc2)cc(OP(=O)(O)O)c(C)c1C. The summed E-state index contributed by atoms with van der Waals surface area (Å²) in [6, 6.07) is 11.4. The number of phosphoric ester groups is 1. The smallest absolute Gasteiger partial charge is 0.493 e. The van der Waals surface area contributed by atoms with Crippen LogP contribution in [0.3, 0.4) is 0 Å². The van der Waals surface area contributed by atoms with Crippen molar-refractivity contribution in [2.45, 2.75) is 59.3 Å². The lowest BCUT2D eigenvalue weighted by molar-refractivity contribution is 0.282. The highest BCUT2D eigenvalue weighted by Crippen LogP contribution is 2.41. The van der Waals surface area contributed by atoms with Gasteiger partial charge in [-0.25, -0.2) is 4.57 Å². The molecule has 5 nitrogen and oxygen atoms in total. The molecule has 2 rings (SSSR count). The number of hydrogen-bond donors (Lipinski definition) is 2. The Labute approximate surface area is 168 Å². The summed E-state index contributed by atoms with van der Waals surface area (Å²) in [5, 5.41) is 0. The molecule has 0 atom stereocenters. The van der Waals surface area contributed by atoms with E-state index in [0.29, 0.717) is 13.0 Å². The average molecular weight is 406 g/mol. The van der Waals surface area contributed by atoms with Crippen molar-refractivity contribution in [2.24, 2.45) is 0 Å². The normalized spacial score (nSPS) is 11.5. The lowest BCUT2D eigenvalue weighted by Crippen LogP contribution is -2.08. The molecule has 2 aromatic rings. The molecule has 154 valence electrons. The molecule has 0 aliphatic rings. The van der Waals surface area contributed by atoms with Crippen LogP contribution in [0.5, 0.6) is 11.5 Å². The molecule has 2 aromatic carbocycles. The van der Waals surface area contributed by atoms with Crippen molar-refractivity contribution < 1.29 is 23.6 Å². The van der Waals surface area contributed by atoms with E-state index in [9.17, 15) is 14.4 Å². The summed E-state index contributed by atoms with van der Waals surface area (Å²) in [4.78, 5) is 18.5. The molecule has 0 aromatic heterocycles. The van der Waals surface area contributed by atoms with E-state index < -0.39 is 7.82 Å². The Bertz CT molecular complexity index is 798. The van der Waals surface area contributed by atoms with Crippen LogP contribution >= 0.6 is 7.82 Å². The van der Waals surface area contributed by atoms with Gasteiger partial charge in [-0.2, -0.15) is 0 Å². The molecule has 0 radical (unpaired) electrons. The number of phosphoric acid groups is 1. The summed E-state index contributed by atoms with van der Waals surface area (Å²) in [7, 11) is -4.60. The second-order valence-electron chi connectivity index (χ2n) is 7.07. The van der Waals surface area contributed by atoms with Gasteiger partial charge in [0.05, 0.1) is 6.61 Å². The van der Waals surface area contributed by atoms with E-state index in [4.69, 9.17) is 9.26 Å². The number of para-hydroxylation sites is 1. The fraction of sp³-hybridized carbons (Fsp3) is 0.455. The number of benzene rings is 2. The van der Waals surface area contributed by atoms with E-state index in [2.05, 4.69) is 6.92 Å². The van der Waals surface area contributed by atoms with Crippen LogP contribution in [0.4, 0.5) is 0 Å². The third-order valence-electron chi connectivity index (χ3n) is 4.96. The number of hydrogen-bond acceptors (Lipinski definition) is 3. The van der Waals surface area contributed by atoms with Crippen molar-refractivity contribution in [3.8, 4) is 11.5 Å². The zero-order valence-corrected chi connectivity index (χ0v) is 17.9. The maximum Gasteiger partial charge on any atom is 0.524 e. The zero-order chi connectivity index (χ0) is 20.6. The molecule has 0 spiro atoms. The van der Waals surface area contributed by atoms with Gasteiger partial charge in [0.15, 0.2) is 0 Å². The molecule has 0 bridgehead atoms. The van der Waals surface area contributed by atoms with Gasteiger partial charge < -0.3 is 9.26 Å². The summed E-state index contributed by atoms with van der Waals surface area (Å²) in [6.07, 6.45) is 6.27. The predicted octanol–water partition coefficient (Wildman–Crippen LogP) is 5.52. The van der Waals surface area contributed by atoms with Crippen LogP contribution in [0.1, 0.15) is 54.9 Å². The molecule has 0 unspecified atom stereocenters. The molecule has 0 amide bonds. The molecule has 0 aliphatic heterocycles. The van der Waals surface area contributed by atoms with Gasteiger partial charge in [-0.1, -0.05) is 44.4 Å². The second-order valence-corrected chi connectivity index (χ2v) is 8.23. The number of unbranched alkanes of at least 4 members (excludes halogenated alkanes) is 3. The minimum absolute atomic E-state index is 0.248. The summed E-state index contributed by atoms with van der Waals surface area (Å²) in [5.74, 6) is 1.06. The van der Waals surface area contributed by atoms with Crippen molar-refractivity contribution in [2.75, 3.05) is 6.61 Å². The lowest BCUT2D eigenvalue weighted by Gasteiger charge is -2.19. The van der Waals surface area contributed by atoms with Crippen molar-refractivity contribution >= 4 is 7.82 Å². The molecule has 28 heavy (non-hydrogen) atoms. The van der Waals surface area contributed by atoms with Crippen molar-refractivity contribution in [1.29, 1.82) is 0 Å². The molecule has 0 fully saturated rings. The minimum atomic E-state index is -4.60. The van der Waals surface area contributed by atoms with Crippen LogP contribution < -0.4 is 9.26 Å². The van der Waals surface area contributed by atoms with Crippen LogP contribution in [-0.4, -0.2) is 16.4 Å². The van der Waals surface area contributed by atoms with Gasteiger partial charge in [0, 0.05) is 6.42 Å². The van der Waals surface area contributed by atoms with Crippen LogP contribution in [-0.2, 0) is 17.4 Å². The molecule has 0 saturated heterocycles. The highest BCUT2D eigenvalue weighted by Gasteiger charge is 2.21. The average Bonchev–Trinajstić information content (AvgIpc) is 2.64. The van der Waals surface area contributed by atoms with Crippen LogP contribution in [0, 0.1) is 13.8 Å². The maximum absolute atomic E-state index is 11.4. The van der Waals surface area contributed by atoms with Gasteiger partial charge in [0.2, 0.25) is 0 Å². The summed E-state index contributed by atoms with van der Waals surface area (Å²) < 4.78 is 22.1. The summed E-state index contributed by atoms with van der Waals surface area (Å²) >= 11 is 0. The third-order valence-corrected chi connectivity index (χ3v) is 5.39. The first-order chi connectivity index (χ1) is 13.3. The first kappa shape index (κ1) is 22.5. The Morgan fingerprint density at radius 2 is 1.68 bits per heavy atom. The number of rotatable bonds is 11. The summed E-state index contributed by atoms with van der Waals surface area (Å²) in [6.45, 7) is 6.53. The lowest BCUT2D eigenvalue weighted by atomic mass is 9.91. The third kappa shape index (κ3) is 6.97. The molecule has 2 N–H and O–H groups in total. The predicted molar refractivity (Wildman–Crippen MR) is 112 cm³/mol. The molecule has 0 heterocycles. The maximum atomic E-state index is 11.4. The first-order valence-electron chi connectivity index (χ1n) is 9.86. The minimum Gasteiger partial charge on any atom is -0.493 e. The van der Waals surface area contributed by atoms with E-state index in [1.165, 1.54) is 24.8 Å². The zero-order valence-electron chi connectivity index (χ0n) is 17.0. The van der Waals surface area contributed by atoms with E-state index in [-0.39, 0.29) is 5.75 Å². The molecule has 0 aliphatic carbocycles. The van der Waals surface area contributed by atoms with Gasteiger partial charge in [-0.05, 0) is 67.1 Å². The van der Waals surface area contributed by atoms with Crippen LogP contribution in [0.15, 0.2) is 36.4 Å².